The van der Waals surface area contributed by atoms with Gasteiger partial charge in [0.15, 0.2) is 5.82 Å². The van der Waals surface area contributed by atoms with Gasteiger partial charge in [-0.25, -0.2) is 15.0 Å². The van der Waals surface area contributed by atoms with Crippen LogP contribution in [-0.2, 0) is 0 Å². The first-order valence-electron chi connectivity index (χ1n) is 19.6. The molecule has 3 aromatic heterocycles. The molecule has 1 aliphatic rings. The SMILES string of the molecule is N=C1C=Cc2c(-c3ccccc3)nc3cc(-c4ccc(-c5cc(-c6cccc(-n7c8ccccc8c8ccccc87)c6)nc(-c6ccccc6)n5)cc4)ccc3c2C1=N. The maximum Gasteiger partial charge on any atom is 0.160 e. The molecule has 0 spiro atoms. The van der Waals surface area contributed by atoms with E-state index in [1.807, 2.05) is 60.7 Å². The monoisotopic (exact) mass is 754 g/mol. The molecule has 10 aromatic rings. The lowest BCUT2D eigenvalue weighted by Crippen LogP contribution is -2.17. The van der Waals surface area contributed by atoms with Gasteiger partial charge in [-0.3, -0.25) is 10.8 Å². The minimum Gasteiger partial charge on any atom is -0.309 e. The van der Waals surface area contributed by atoms with Gasteiger partial charge in [-0.05, 0) is 59.7 Å². The molecule has 0 saturated heterocycles. The van der Waals surface area contributed by atoms with E-state index in [9.17, 15) is 0 Å². The molecular weight excluding hydrogens is 721 g/mol. The highest BCUT2D eigenvalue weighted by molar-refractivity contribution is 6.54. The summed E-state index contributed by atoms with van der Waals surface area (Å²) >= 11 is 0. The summed E-state index contributed by atoms with van der Waals surface area (Å²) in [6.07, 6.45) is 3.61. The molecule has 0 saturated carbocycles. The zero-order valence-corrected chi connectivity index (χ0v) is 31.8. The van der Waals surface area contributed by atoms with Gasteiger partial charge in [0.05, 0.1) is 45.1 Å². The molecule has 2 N–H and O–H groups in total. The van der Waals surface area contributed by atoms with Crippen molar-refractivity contribution in [1.82, 2.24) is 19.5 Å². The molecule has 59 heavy (non-hydrogen) atoms. The van der Waals surface area contributed by atoms with E-state index in [1.54, 1.807) is 6.08 Å². The van der Waals surface area contributed by atoms with E-state index in [0.29, 0.717) is 5.82 Å². The first-order valence-corrected chi connectivity index (χ1v) is 19.6. The molecule has 3 heterocycles. The predicted octanol–water partition coefficient (Wildman–Crippen LogP) is 12.9. The molecule has 1 aliphatic carbocycles. The fourth-order valence-corrected chi connectivity index (χ4v) is 8.39. The molecular formula is C53H34N6. The first kappa shape index (κ1) is 34.2. The lowest BCUT2D eigenvalue weighted by Gasteiger charge is -2.19. The van der Waals surface area contributed by atoms with Crippen LogP contribution < -0.4 is 0 Å². The van der Waals surface area contributed by atoms with Crippen molar-refractivity contribution in [2.75, 3.05) is 0 Å². The van der Waals surface area contributed by atoms with Gasteiger partial charge < -0.3 is 4.57 Å². The average Bonchev–Trinajstić information content (AvgIpc) is 3.64. The van der Waals surface area contributed by atoms with Crippen molar-refractivity contribution in [3.8, 4) is 62.0 Å². The van der Waals surface area contributed by atoms with Gasteiger partial charge in [0.2, 0.25) is 0 Å². The van der Waals surface area contributed by atoms with Crippen molar-refractivity contribution in [2.45, 2.75) is 0 Å². The minimum atomic E-state index is 0.197. The Morgan fingerprint density at radius 1 is 0.407 bits per heavy atom. The highest BCUT2D eigenvalue weighted by Crippen LogP contribution is 2.37. The zero-order chi connectivity index (χ0) is 39.5. The van der Waals surface area contributed by atoms with Crippen LogP contribution in [0.5, 0.6) is 0 Å². The Labute approximate surface area is 340 Å². The number of hydrogen-bond donors (Lipinski definition) is 2. The lowest BCUT2D eigenvalue weighted by atomic mass is 9.87. The van der Waals surface area contributed by atoms with Gasteiger partial charge >= 0.3 is 0 Å². The largest absolute Gasteiger partial charge is 0.309 e. The maximum absolute atomic E-state index is 8.87. The van der Waals surface area contributed by atoms with Crippen molar-refractivity contribution < 1.29 is 0 Å². The molecule has 0 amide bonds. The second-order valence-corrected chi connectivity index (χ2v) is 14.8. The smallest absolute Gasteiger partial charge is 0.160 e. The van der Waals surface area contributed by atoms with Crippen LogP contribution in [-0.4, -0.2) is 30.9 Å². The fourth-order valence-electron chi connectivity index (χ4n) is 8.39. The van der Waals surface area contributed by atoms with Crippen LogP contribution in [0.2, 0.25) is 0 Å². The topological polar surface area (TPSA) is 91.3 Å². The quantitative estimate of drug-likeness (QED) is 0.177. The predicted molar refractivity (Wildman–Crippen MR) is 242 cm³/mol. The Morgan fingerprint density at radius 3 is 1.71 bits per heavy atom. The molecule has 7 aromatic carbocycles. The van der Waals surface area contributed by atoms with Crippen molar-refractivity contribution in [3.63, 3.8) is 0 Å². The summed E-state index contributed by atoms with van der Waals surface area (Å²) in [6, 6.07) is 62.7. The maximum atomic E-state index is 8.87. The number of pyridine rings is 1. The molecule has 0 bridgehead atoms. The molecule has 6 heteroatoms. The number of nitrogens with one attached hydrogen (secondary N) is 2. The van der Waals surface area contributed by atoms with E-state index < -0.39 is 0 Å². The van der Waals surface area contributed by atoms with Gasteiger partial charge in [0, 0.05) is 55.2 Å². The number of rotatable bonds is 6. The Hall–Kier alpha value is -8.09. The number of para-hydroxylation sites is 2. The zero-order valence-electron chi connectivity index (χ0n) is 31.8. The van der Waals surface area contributed by atoms with Crippen LogP contribution in [0, 0.1) is 10.8 Å². The van der Waals surface area contributed by atoms with Crippen molar-refractivity contribution in [2.24, 2.45) is 0 Å². The van der Waals surface area contributed by atoms with E-state index >= 15 is 0 Å². The number of aromatic nitrogens is 4. The molecule has 0 aliphatic heterocycles. The van der Waals surface area contributed by atoms with E-state index in [0.717, 1.165) is 89.2 Å². The average molecular weight is 755 g/mol. The van der Waals surface area contributed by atoms with E-state index in [-0.39, 0.29) is 11.4 Å². The highest BCUT2D eigenvalue weighted by atomic mass is 15.0. The van der Waals surface area contributed by atoms with Crippen molar-refractivity contribution in [3.05, 3.63) is 199 Å². The second-order valence-electron chi connectivity index (χ2n) is 14.8. The number of fused-ring (bicyclic) bond motifs is 6. The van der Waals surface area contributed by atoms with E-state index in [1.165, 1.54) is 10.8 Å². The van der Waals surface area contributed by atoms with Gasteiger partial charge in [0.25, 0.3) is 0 Å². The fraction of sp³-hybridized carbons (Fsp3) is 0. The molecule has 6 nitrogen and oxygen atoms in total. The Bertz CT molecular complexity index is 3290. The number of hydrogen-bond acceptors (Lipinski definition) is 5. The highest BCUT2D eigenvalue weighted by Gasteiger charge is 2.23. The summed E-state index contributed by atoms with van der Waals surface area (Å²) in [5, 5.41) is 20.6. The molecule has 276 valence electrons. The Kier molecular flexibility index (Phi) is 8.01. The van der Waals surface area contributed by atoms with Crippen molar-refractivity contribution >= 4 is 50.2 Å². The number of benzene rings is 7. The summed E-state index contributed by atoms with van der Waals surface area (Å²) in [7, 11) is 0. The molecule has 0 atom stereocenters. The molecule has 0 unspecified atom stereocenters. The van der Waals surface area contributed by atoms with Gasteiger partial charge in [-0.1, -0.05) is 146 Å². The van der Waals surface area contributed by atoms with Crippen LogP contribution in [0.3, 0.4) is 0 Å². The van der Waals surface area contributed by atoms with Crippen LogP contribution in [0.25, 0.3) is 101 Å². The molecule has 0 fully saturated rings. The summed E-state index contributed by atoms with van der Waals surface area (Å²) in [4.78, 5) is 15.4. The summed E-state index contributed by atoms with van der Waals surface area (Å²) in [6.45, 7) is 0. The first-order chi connectivity index (χ1) is 29.1. The summed E-state index contributed by atoms with van der Waals surface area (Å²) in [5.74, 6) is 0.663. The molecule has 0 radical (unpaired) electrons. The van der Waals surface area contributed by atoms with Crippen LogP contribution in [0.1, 0.15) is 11.1 Å². The molecule has 11 rings (SSSR count). The minimum absolute atomic E-state index is 0.197. The van der Waals surface area contributed by atoms with Gasteiger partial charge in [-0.15, -0.1) is 0 Å². The number of allylic oxidation sites excluding steroid dienone is 1. The Balaban J connectivity index is 1.00. The van der Waals surface area contributed by atoms with Crippen LogP contribution >= 0.6 is 0 Å². The third kappa shape index (κ3) is 5.85. The third-order valence-electron chi connectivity index (χ3n) is 11.3. The van der Waals surface area contributed by atoms with Gasteiger partial charge in [0.1, 0.15) is 0 Å². The van der Waals surface area contributed by atoms with Crippen LogP contribution in [0.15, 0.2) is 188 Å². The van der Waals surface area contributed by atoms with E-state index in [2.05, 4.69) is 132 Å². The standard InChI is InChI=1S/C53H34N6/c54-44-29-28-43-50(51(44)55)42-27-26-37(31-47(42)56-52(43)35-12-3-1-4-13-35)33-22-24-34(25-23-33)45-32-46(58-53(57-45)36-14-5-2-6-15-36)38-16-11-17-39(30-38)59-48-20-9-7-18-40(48)41-19-8-10-21-49(41)59/h1-32,54-55H. The van der Waals surface area contributed by atoms with Crippen LogP contribution in [0.4, 0.5) is 0 Å². The summed E-state index contributed by atoms with van der Waals surface area (Å²) < 4.78 is 2.33. The van der Waals surface area contributed by atoms with E-state index in [4.69, 9.17) is 25.8 Å². The number of nitrogens with zero attached hydrogens (tertiary/aromatic N) is 4. The normalized spacial score (nSPS) is 12.4. The van der Waals surface area contributed by atoms with Gasteiger partial charge in [-0.2, -0.15) is 0 Å². The summed E-state index contributed by atoms with van der Waals surface area (Å²) in [5.41, 5.74) is 14.6. The van der Waals surface area contributed by atoms with Crippen molar-refractivity contribution in [1.29, 1.82) is 10.8 Å². The Morgan fingerprint density at radius 2 is 1.00 bits per heavy atom. The second kappa shape index (κ2) is 13.8. The third-order valence-corrected chi connectivity index (χ3v) is 11.3. The lowest BCUT2D eigenvalue weighted by molar-refractivity contribution is 1.16.